The minimum Gasteiger partial charge on any atom is -0.455 e. The molecule has 1 aromatic carbocycles. The highest BCUT2D eigenvalue weighted by Crippen LogP contribution is 2.12. The summed E-state index contributed by atoms with van der Waals surface area (Å²) in [6.07, 6.45) is 0. The van der Waals surface area contributed by atoms with Crippen molar-refractivity contribution < 1.29 is 27.9 Å². The summed E-state index contributed by atoms with van der Waals surface area (Å²) >= 11 is 0. The molecule has 0 bridgehead atoms. The molecule has 0 radical (unpaired) electrons. The summed E-state index contributed by atoms with van der Waals surface area (Å²) in [5, 5.41) is 4.51. The second-order valence-corrected chi connectivity index (χ2v) is 4.72. The number of hydrogen-bond acceptors (Lipinski definition) is 4. The van der Waals surface area contributed by atoms with Crippen molar-refractivity contribution in [2.45, 2.75) is 13.8 Å². The van der Waals surface area contributed by atoms with E-state index in [1.54, 1.807) is 13.8 Å². The van der Waals surface area contributed by atoms with Crippen LogP contribution in [0.5, 0.6) is 0 Å². The van der Waals surface area contributed by atoms with E-state index in [9.17, 15) is 23.2 Å². The first-order valence-electron chi connectivity index (χ1n) is 6.48. The van der Waals surface area contributed by atoms with Crippen molar-refractivity contribution >= 4 is 23.5 Å². The van der Waals surface area contributed by atoms with Gasteiger partial charge in [0, 0.05) is 11.8 Å². The standard InChI is InChI=1S/C14H16F2N2O4/c1-8(2)14(21)22-7-13(20)17-6-12(19)18-9-3-4-10(15)11(16)5-9/h3-5,8H,6-7H2,1-2H3,(H,17,20)(H,18,19). The van der Waals surface area contributed by atoms with E-state index in [1.165, 1.54) is 6.07 Å². The summed E-state index contributed by atoms with van der Waals surface area (Å²) in [6.45, 7) is 2.36. The van der Waals surface area contributed by atoms with Crippen molar-refractivity contribution in [1.29, 1.82) is 0 Å². The zero-order valence-corrected chi connectivity index (χ0v) is 12.1. The molecule has 0 saturated heterocycles. The second kappa shape index (κ2) is 8.06. The maximum Gasteiger partial charge on any atom is 0.308 e. The predicted molar refractivity (Wildman–Crippen MR) is 73.8 cm³/mol. The third kappa shape index (κ3) is 5.86. The van der Waals surface area contributed by atoms with Crippen molar-refractivity contribution in [3.05, 3.63) is 29.8 Å². The number of anilines is 1. The fourth-order valence-corrected chi connectivity index (χ4v) is 1.31. The Morgan fingerprint density at radius 3 is 2.41 bits per heavy atom. The third-order valence-corrected chi connectivity index (χ3v) is 2.47. The van der Waals surface area contributed by atoms with Crippen LogP contribution in [0.4, 0.5) is 14.5 Å². The van der Waals surface area contributed by atoms with Crippen LogP contribution >= 0.6 is 0 Å². The van der Waals surface area contributed by atoms with E-state index in [2.05, 4.69) is 15.4 Å². The van der Waals surface area contributed by atoms with Crippen molar-refractivity contribution in [2.24, 2.45) is 5.92 Å². The monoisotopic (exact) mass is 314 g/mol. The Bertz CT molecular complexity index is 576. The predicted octanol–water partition coefficient (Wildman–Crippen LogP) is 1.22. The van der Waals surface area contributed by atoms with Crippen molar-refractivity contribution in [3.63, 3.8) is 0 Å². The third-order valence-electron chi connectivity index (χ3n) is 2.47. The van der Waals surface area contributed by atoms with E-state index in [0.717, 1.165) is 12.1 Å². The highest BCUT2D eigenvalue weighted by Gasteiger charge is 2.12. The lowest BCUT2D eigenvalue weighted by Gasteiger charge is -2.09. The molecule has 0 aliphatic carbocycles. The van der Waals surface area contributed by atoms with Gasteiger partial charge in [0.2, 0.25) is 5.91 Å². The second-order valence-electron chi connectivity index (χ2n) is 4.72. The fraction of sp³-hybridized carbons (Fsp3) is 0.357. The van der Waals surface area contributed by atoms with Crippen LogP contribution in [-0.4, -0.2) is 30.9 Å². The molecule has 0 saturated carbocycles. The van der Waals surface area contributed by atoms with Gasteiger partial charge in [0.15, 0.2) is 18.2 Å². The van der Waals surface area contributed by atoms with E-state index in [1.807, 2.05) is 0 Å². The summed E-state index contributed by atoms with van der Waals surface area (Å²) in [4.78, 5) is 34.0. The molecule has 1 rings (SSSR count). The number of ether oxygens (including phenoxy) is 1. The molecule has 0 aliphatic rings. The molecule has 8 heteroatoms. The number of benzene rings is 1. The van der Waals surface area contributed by atoms with Crippen molar-refractivity contribution in [1.82, 2.24) is 5.32 Å². The van der Waals surface area contributed by atoms with Crippen LogP contribution in [-0.2, 0) is 19.1 Å². The Morgan fingerprint density at radius 2 is 1.82 bits per heavy atom. The molecule has 0 fully saturated rings. The van der Waals surface area contributed by atoms with Gasteiger partial charge in [-0.15, -0.1) is 0 Å². The van der Waals surface area contributed by atoms with Crippen molar-refractivity contribution in [2.75, 3.05) is 18.5 Å². The van der Waals surface area contributed by atoms with Gasteiger partial charge in [0.1, 0.15) is 0 Å². The minimum atomic E-state index is -1.09. The molecule has 0 aromatic heterocycles. The van der Waals surface area contributed by atoms with Gasteiger partial charge in [0.25, 0.3) is 5.91 Å². The van der Waals surface area contributed by atoms with E-state index in [4.69, 9.17) is 0 Å². The fourth-order valence-electron chi connectivity index (χ4n) is 1.31. The quantitative estimate of drug-likeness (QED) is 0.773. The molecular weight excluding hydrogens is 298 g/mol. The normalized spacial score (nSPS) is 10.2. The first kappa shape index (κ1) is 17.5. The lowest BCUT2D eigenvalue weighted by atomic mass is 10.2. The van der Waals surface area contributed by atoms with Crippen LogP contribution in [0.2, 0.25) is 0 Å². The van der Waals surface area contributed by atoms with Crippen LogP contribution in [0, 0.1) is 17.6 Å². The first-order valence-corrected chi connectivity index (χ1v) is 6.48. The molecule has 0 heterocycles. The molecule has 1 aromatic rings. The number of esters is 1. The Labute approximate surface area is 125 Å². The first-order chi connectivity index (χ1) is 10.3. The van der Waals surface area contributed by atoms with Crippen LogP contribution in [0.1, 0.15) is 13.8 Å². The zero-order valence-electron chi connectivity index (χ0n) is 12.1. The number of amides is 2. The number of carbonyl (C=O) groups excluding carboxylic acids is 3. The lowest BCUT2D eigenvalue weighted by molar-refractivity contribution is -0.151. The largest absolute Gasteiger partial charge is 0.455 e. The molecule has 0 spiro atoms. The van der Waals surface area contributed by atoms with Crippen molar-refractivity contribution in [3.8, 4) is 0 Å². The van der Waals surface area contributed by atoms with Gasteiger partial charge in [-0.3, -0.25) is 14.4 Å². The maximum absolute atomic E-state index is 12.9. The van der Waals surface area contributed by atoms with E-state index in [0.29, 0.717) is 0 Å². The lowest BCUT2D eigenvalue weighted by Crippen LogP contribution is -2.35. The number of halogens is 2. The highest BCUT2D eigenvalue weighted by molar-refractivity contribution is 5.94. The number of hydrogen-bond donors (Lipinski definition) is 2. The summed E-state index contributed by atoms with van der Waals surface area (Å²) in [5.41, 5.74) is 0.0596. The van der Waals surface area contributed by atoms with Crippen LogP contribution in [0.3, 0.4) is 0 Å². The van der Waals surface area contributed by atoms with Gasteiger partial charge < -0.3 is 15.4 Å². The summed E-state index contributed by atoms with van der Waals surface area (Å²) < 4.78 is 30.3. The van der Waals surface area contributed by atoms with Gasteiger partial charge in [-0.2, -0.15) is 0 Å². The summed E-state index contributed by atoms with van der Waals surface area (Å²) in [7, 11) is 0. The average Bonchev–Trinajstić information content (AvgIpc) is 2.46. The maximum atomic E-state index is 12.9. The van der Waals surface area contributed by atoms with Gasteiger partial charge in [-0.1, -0.05) is 13.8 Å². The number of rotatable bonds is 6. The Hall–Kier alpha value is -2.51. The highest BCUT2D eigenvalue weighted by atomic mass is 19.2. The minimum absolute atomic E-state index is 0.0596. The smallest absolute Gasteiger partial charge is 0.308 e. The Morgan fingerprint density at radius 1 is 1.14 bits per heavy atom. The molecule has 2 amide bonds. The van der Waals surface area contributed by atoms with Gasteiger partial charge in [0.05, 0.1) is 12.5 Å². The molecule has 0 atom stereocenters. The molecule has 22 heavy (non-hydrogen) atoms. The number of nitrogens with one attached hydrogen (secondary N) is 2. The molecule has 6 nitrogen and oxygen atoms in total. The van der Waals surface area contributed by atoms with Gasteiger partial charge >= 0.3 is 5.97 Å². The van der Waals surface area contributed by atoms with E-state index < -0.39 is 42.6 Å². The molecule has 0 aliphatic heterocycles. The molecule has 120 valence electrons. The van der Waals surface area contributed by atoms with Crippen LogP contribution in [0.25, 0.3) is 0 Å². The summed E-state index contributed by atoms with van der Waals surface area (Å²) in [6, 6.07) is 2.87. The Kier molecular flexibility index (Phi) is 6.43. The number of carbonyl (C=O) groups is 3. The van der Waals surface area contributed by atoms with Gasteiger partial charge in [-0.25, -0.2) is 8.78 Å². The zero-order chi connectivity index (χ0) is 16.7. The van der Waals surface area contributed by atoms with Crippen LogP contribution < -0.4 is 10.6 Å². The average molecular weight is 314 g/mol. The van der Waals surface area contributed by atoms with Crippen LogP contribution in [0.15, 0.2) is 18.2 Å². The van der Waals surface area contributed by atoms with E-state index in [-0.39, 0.29) is 11.6 Å². The topological polar surface area (TPSA) is 84.5 Å². The van der Waals surface area contributed by atoms with Gasteiger partial charge in [-0.05, 0) is 12.1 Å². The van der Waals surface area contributed by atoms with E-state index >= 15 is 0 Å². The molecular formula is C14H16F2N2O4. The molecule has 0 unspecified atom stereocenters. The Balaban J connectivity index is 2.35. The summed E-state index contributed by atoms with van der Waals surface area (Å²) in [5.74, 6) is -4.28. The molecule has 2 N–H and O–H groups in total. The SMILES string of the molecule is CC(C)C(=O)OCC(=O)NCC(=O)Nc1ccc(F)c(F)c1.